The molecule has 0 amide bonds. The Morgan fingerprint density at radius 2 is 2.29 bits per heavy atom. The van der Waals surface area contributed by atoms with Crippen molar-refractivity contribution in [2.75, 3.05) is 19.5 Å². The fourth-order valence-electron chi connectivity index (χ4n) is 2.57. The predicted octanol–water partition coefficient (Wildman–Crippen LogP) is 0.704. The van der Waals surface area contributed by atoms with Gasteiger partial charge in [-0.25, -0.2) is 9.97 Å². The third-order valence-corrected chi connectivity index (χ3v) is 3.55. The Morgan fingerprint density at radius 1 is 1.52 bits per heavy atom. The van der Waals surface area contributed by atoms with Crippen molar-refractivity contribution >= 4 is 16.9 Å². The van der Waals surface area contributed by atoms with Gasteiger partial charge in [-0.05, 0) is 12.5 Å². The predicted molar refractivity (Wildman–Crippen MR) is 79.4 cm³/mol. The van der Waals surface area contributed by atoms with Gasteiger partial charge >= 0.3 is 0 Å². The quantitative estimate of drug-likeness (QED) is 0.719. The second-order valence-electron chi connectivity index (χ2n) is 4.69. The van der Waals surface area contributed by atoms with Crippen LogP contribution >= 0.6 is 0 Å². The van der Waals surface area contributed by atoms with Crippen LogP contribution in [0.3, 0.4) is 0 Å². The lowest BCUT2D eigenvalue weighted by Gasteiger charge is -2.18. The highest BCUT2D eigenvalue weighted by atomic mass is 16.5. The Kier molecular flexibility index (Phi) is 4.89. The van der Waals surface area contributed by atoms with Crippen molar-refractivity contribution in [3.63, 3.8) is 0 Å². The van der Waals surface area contributed by atoms with Gasteiger partial charge in [0.25, 0.3) is 0 Å². The molecule has 21 heavy (non-hydrogen) atoms. The molecule has 3 rings (SSSR count). The van der Waals surface area contributed by atoms with E-state index in [1.165, 1.54) is 6.33 Å². The molecule has 2 aromatic heterocycles. The van der Waals surface area contributed by atoms with Gasteiger partial charge in [-0.2, -0.15) is 0 Å². The lowest BCUT2D eigenvalue weighted by molar-refractivity contribution is -0.0267. The first-order valence-electron chi connectivity index (χ1n) is 6.65. The van der Waals surface area contributed by atoms with Crippen molar-refractivity contribution in [3.8, 4) is 0 Å². The van der Waals surface area contributed by atoms with Gasteiger partial charge in [0, 0.05) is 19.2 Å². The summed E-state index contributed by atoms with van der Waals surface area (Å²) >= 11 is 0. The number of aromatic nitrogens is 3. The van der Waals surface area contributed by atoms with Crippen molar-refractivity contribution in [2.24, 2.45) is 5.92 Å². The third kappa shape index (κ3) is 2.76. The van der Waals surface area contributed by atoms with Crippen LogP contribution in [-0.4, -0.2) is 44.6 Å². The Morgan fingerprint density at radius 3 is 2.95 bits per heavy atom. The maximum atomic E-state index is 9.24. The highest BCUT2D eigenvalue weighted by Gasteiger charge is 2.34. The lowest BCUT2D eigenvalue weighted by atomic mass is 10.0. The highest BCUT2D eigenvalue weighted by molar-refractivity contribution is 5.86. The first kappa shape index (κ1) is 15.4. The van der Waals surface area contributed by atoms with Gasteiger partial charge in [0.05, 0.1) is 18.1 Å². The molecule has 0 bridgehead atoms. The molecule has 0 aromatic carbocycles. The first-order chi connectivity index (χ1) is 10.2. The van der Waals surface area contributed by atoms with E-state index in [1.807, 2.05) is 22.9 Å². The van der Waals surface area contributed by atoms with Gasteiger partial charge in [0.2, 0.25) is 0 Å². The number of nitrogens with zero attached hydrogens (tertiary/aromatic N) is 3. The molecule has 3 atom stereocenters. The maximum Gasteiger partial charge on any atom is 0.147 e. The van der Waals surface area contributed by atoms with Crippen LogP contribution in [0.1, 0.15) is 12.6 Å². The molecule has 1 saturated heterocycles. The minimum Gasteiger partial charge on any atom is -0.400 e. The lowest BCUT2D eigenvalue weighted by Crippen LogP contribution is -2.15. The van der Waals surface area contributed by atoms with Crippen LogP contribution in [0.4, 0.5) is 5.82 Å². The second kappa shape index (κ2) is 6.66. The van der Waals surface area contributed by atoms with Crippen LogP contribution in [0.25, 0.3) is 11.0 Å². The van der Waals surface area contributed by atoms with Crippen LogP contribution < -0.4 is 5.73 Å². The Bertz CT molecular complexity index is 613. The monoisotopic (exact) mass is 292 g/mol. The van der Waals surface area contributed by atoms with Gasteiger partial charge in [0.1, 0.15) is 24.0 Å². The molecule has 7 nitrogen and oxygen atoms in total. The van der Waals surface area contributed by atoms with E-state index in [9.17, 15) is 5.11 Å². The van der Waals surface area contributed by atoms with E-state index in [1.54, 1.807) is 0 Å². The molecule has 114 valence electrons. The zero-order valence-electron chi connectivity index (χ0n) is 11.9. The molecule has 0 radical (unpaired) electrons. The van der Waals surface area contributed by atoms with Crippen LogP contribution in [0.15, 0.2) is 31.2 Å². The molecular formula is C14H20N4O3. The number of aliphatic hydroxyl groups is 2. The van der Waals surface area contributed by atoms with Gasteiger partial charge in [-0.3, -0.25) is 0 Å². The van der Waals surface area contributed by atoms with Gasteiger partial charge < -0.3 is 25.3 Å². The zero-order valence-corrected chi connectivity index (χ0v) is 11.9. The molecule has 3 unspecified atom stereocenters. The number of hydrogen-bond acceptors (Lipinski definition) is 6. The van der Waals surface area contributed by atoms with Crippen LogP contribution in [0.2, 0.25) is 0 Å². The molecular weight excluding hydrogens is 272 g/mol. The van der Waals surface area contributed by atoms with E-state index < -0.39 is 0 Å². The average molecular weight is 292 g/mol. The minimum atomic E-state index is -0.207. The number of anilines is 1. The van der Waals surface area contributed by atoms with Crippen LogP contribution in [0.5, 0.6) is 0 Å². The Balaban J connectivity index is 0.000000774. The number of aliphatic hydroxyl groups excluding tert-OH is 2. The Labute approximate surface area is 122 Å². The van der Waals surface area contributed by atoms with E-state index >= 15 is 0 Å². The topological polar surface area (TPSA) is 106 Å². The summed E-state index contributed by atoms with van der Waals surface area (Å²) in [7, 11) is 1.00. The molecule has 1 aliphatic heterocycles. The molecule has 0 aliphatic carbocycles. The van der Waals surface area contributed by atoms with E-state index in [0.717, 1.165) is 24.6 Å². The molecule has 1 aliphatic rings. The fourth-order valence-corrected chi connectivity index (χ4v) is 2.57. The number of fused-ring (bicyclic) bond motifs is 1. The number of nitrogens with two attached hydrogens (primary N) is 1. The summed E-state index contributed by atoms with van der Waals surface area (Å²) in [4.78, 5) is 8.23. The molecule has 2 aromatic rings. The smallest absolute Gasteiger partial charge is 0.147 e. The van der Waals surface area contributed by atoms with E-state index in [0.29, 0.717) is 5.82 Å². The summed E-state index contributed by atoms with van der Waals surface area (Å²) < 4.78 is 7.77. The molecule has 0 spiro atoms. The SMILES string of the molecule is C=CC1CC(CO)OC1n1ccc2c(N)ncnc21.CO. The summed E-state index contributed by atoms with van der Waals surface area (Å²) in [6, 6.07) is 1.88. The van der Waals surface area contributed by atoms with Gasteiger partial charge in [-0.1, -0.05) is 6.08 Å². The molecule has 4 N–H and O–H groups in total. The third-order valence-electron chi connectivity index (χ3n) is 3.55. The van der Waals surface area contributed by atoms with Gasteiger partial charge in [0.15, 0.2) is 0 Å². The standard InChI is InChI=1S/C13H16N4O2.CH4O/c1-2-8-5-9(6-18)19-13(8)17-4-3-10-11(14)15-7-16-12(10)17;1-2/h2-4,7-9,13,18H,1,5-6H2,(H2,14,15,16);2H,1H3. The summed E-state index contributed by atoms with van der Waals surface area (Å²) in [5, 5.41) is 17.0. The Hall–Kier alpha value is -1.96. The van der Waals surface area contributed by atoms with Crippen molar-refractivity contribution in [3.05, 3.63) is 31.2 Å². The largest absolute Gasteiger partial charge is 0.400 e. The zero-order chi connectivity index (χ0) is 15.4. The first-order valence-corrected chi connectivity index (χ1v) is 6.65. The summed E-state index contributed by atoms with van der Waals surface area (Å²) in [5.74, 6) is 0.597. The van der Waals surface area contributed by atoms with E-state index in [-0.39, 0.29) is 24.9 Å². The maximum absolute atomic E-state index is 9.24. The molecule has 3 heterocycles. The summed E-state index contributed by atoms with van der Waals surface area (Å²) in [6.45, 7) is 3.85. The molecule has 7 heteroatoms. The number of nitrogen functional groups attached to an aromatic ring is 1. The molecule has 1 fully saturated rings. The van der Waals surface area contributed by atoms with Crippen molar-refractivity contribution in [2.45, 2.75) is 18.8 Å². The van der Waals surface area contributed by atoms with Crippen molar-refractivity contribution < 1.29 is 14.9 Å². The average Bonchev–Trinajstić information content (AvgIpc) is 3.13. The fraction of sp³-hybridized carbons (Fsp3) is 0.429. The number of ether oxygens (including phenoxy) is 1. The summed E-state index contributed by atoms with van der Waals surface area (Å²) in [6.07, 6.45) is 5.57. The van der Waals surface area contributed by atoms with Crippen molar-refractivity contribution in [1.82, 2.24) is 14.5 Å². The van der Waals surface area contributed by atoms with E-state index in [2.05, 4.69) is 16.5 Å². The van der Waals surface area contributed by atoms with E-state index in [4.69, 9.17) is 15.6 Å². The van der Waals surface area contributed by atoms with Gasteiger partial charge in [-0.15, -0.1) is 6.58 Å². The van der Waals surface area contributed by atoms with Crippen LogP contribution in [-0.2, 0) is 4.74 Å². The number of hydrogen-bond donors (Lipinski definition) is 3. The van der Waals surface area contributed by atoms with Crippen LogP contribution in [0, 0.1) is 5.92 Å². The summed E-state index contributed by atoms with van der Waals surface area (Å²) in [5.41, 5.74) is 6.56. The minimum absolute atomic E-state index is 0.0111. The second-order valence-corrected chi connectivity index (χ2v) is 4.69. The normalized spacial score (nSPS) is 24.6. The van der Waals surface area contributed by atoms with Crippen molar-refractivity contribution in [1.29, 1.82) is 0 Å². The molecule has 0 saturated carbocycles. The highest BCUT2D eigenvalue weighted by Crippen LogP contribution is 2.37. The number of rotatable bonds is 3.